The van der Waals surface area contributed by atoms with Crippen LogP contribution in [0, 0.1) is 5.92 Å². The molecule has 2 nitrogen and oxygen atoms in total. The van der Waals surface area contributed by atoms with Gasteiger partial charge in [0, 0.05) is 6.42 Å². The molecule has 0 atom stereocenters. The van der Waals surface area contributed by atoms with Gasteiger partial charge in [-0.05, 0) is 12.3 Å². The van der Waals surface area contributed by atoms with Crippen molar-refractivity contribution in [2.45, 2.75) is 156 Å². The second-order valence-corrected chi connectivity index (χ2v) is 9.54. The van der Waals surface area contributed by atoms with Gasteiger partial charge in [-0.3, -0.25) is 4.79 Å². The number of carbonyl (C=O) groups excluding carboxylic acids is 1. The molecule has 0 spiro atoms. The fourth-order valence-corrected chi connectivity index (χ4v) is 3.94. The summed E-state index contributed by atoms with van der Waals surface area (Å²) in [7, 11) is 0. The van der Waals surface area contributed by atoms with E-state index in [1.165, 1.54) is 122 Å². The van der Waals surface area contributed by atoms with Crippen LogP contribution in [0.3, 0.4) is 0 Å². The Labute approximate surface area is 184 Å². The Morgan fingerprint density at radius 3 is 1.17 bits per heavy atom. The van der Waals surface area contributed by atoms with E-state index in [-0.39, 0.29) is 5.97 Å². The van der Waals surface area contributed by atoms with Crippen molar-refractivity contribution in [2.75, 3.05) is 6.61 Å². The molecular weight excluding hydrogens is 356 g/mol. The molecule has 2 heteroatoms. The summed E-state index contributed by atoms with van der Waals surface area (Å²) in [5, 5.41) is 0. The standard InChI is InChI=1S/C27H54O2/c1-4-5-6-7-8-9-10-11-12-13-14-15-16-17-18-19-20-21-22-23-24-29-27(28)25-26(2)3/h26H,4-25H2,1-3H3. The highest BCUT2D eigenvalue weighted by molar-refractivity contribution is 5.69. The summed E-state index contributed by atoms with van der Waals surface area (Å²) in [4.78, 5) is 11.4. The molecule has 0 fully saturated rings. The Bertz CT molecular complexity index is 324. The van der Waals surface area contributed by atoms with Crippen molar-refractivity contribution in [3.05, 3.63) is 0 Å². The van der Waals surface area contributed by atoms with Crippen LogP contribution in [0.2, 0.25) is 0 Å². The Balaban J connectivity index is 3.06. The highest BCUT2D eigenvalue weighted by Crippen LogP contribution is 2.14. The van der Waals surface area contributed by atoms with Crippen LogP contribution in [0.1, 0.15) is 156 Å². The van der Waals surface area contributed by atoms with Gasteiger partial charge in [-0.2, -0.15) is 0 Å². The number of esters is 1. The third-order valence-corrected chi connectivity index (χ3v) is 5.84. The molecule has 0 aromatic rings. The number of hydrogen-bond donors (Lipinski definition) is 0. The van der Waals surface area contributed by atoms with Gasteiger partial charge < -0.3 is 4.74 Å². The van der Waals surface area contributed by atoms with Gasteiger partial charge in [0.2, 0.25) is 0 Å². The molecule has 0 unspecified atom stereocenters. The number of rotatable bonds is 23. The lowest BCUT2D eigenvalue weighted by molar-refractivity contribution is -0.144. The molecule has 0 aliphatic carbocycles. The number of unbranched alkanes of at least 4 members (excludes halogenated alkanes) is 19. The average molecular weight is 411 g/mol. The van der Waals surface area contributed by atoms with Gasteiger partial charge in [0.25, 0.3) is 0 Å². The smallest absolute Gasteiger partial charge is 0.306 e. The Morgan fingerprint density at radius 2 is 0.862 bits per heavy atom. The molecule has 0 rings (SSSR count). The first-order chi connectivity index (χ1) is 14.2. The lowest BCUT2D eigenvalue weighted by atomic mass is 10.0. The molecule has 0 bridgehead atoms. The maximum atomic E-state index is 11.4. The lowest BCUT2D eigenvalue weighted by Crippen LogP contribution is -2.08. The van der Waals surface area contributed by atoms with Crippen LogP contribution < -0.4 is 0 Å². The molecule has 0 saturated carbocycles. The number of hydrogen-bond acceptors (Lipinski definition) is 2. The molecule has 174 valence electrons. The van der Waals surface area contributed by atoms with E-state index in [0.717, 1.165) is 6.42 Å². The van der Waals surface area contributed by atoms with Gasteiger partial charge in [-0.1, -0.05) is 143 Å². The minimum Gasteiger partial charge on any atom is -0.466 e. The summed E-state index contributed by atoms with van der Waals surface area (Å²) < 4.78 is 5.25. The van der Waals surface area contributed by atoms with Crippen LogP contribution in [-0.2, 0) is 9.53 Å². The van der Waals surface area contributed by atoms with Crippen molar-refractivity contribution >= 4 is 5.97 Å². The normalized spacial score (nSPS) is 11.3. The zero-order valence-electron chi connectivity index (χ0n) is 20.5. The van der Waals surface area contributed by atoms with Crippen molar-refractivity contribution in [1.29, 1.82) is 0 Å². The third kappa shape index (κ3) is 25.4. The van der Waals surface area contributed by atoms with E-state index < -0.39 is 0 Å². The maximum Gasteiger partial charge on any atom is 0.306 e. The second kappa shape index (κ2) is 23.7. The van der Waals surface area contributed by atoms with Crippen LogP contribution in [-0.4, -0.2) is 12.6 Å². The summed E-state index contributed by atoms with van der Waals surface area (Å²) >= 11 is 0. The van der Waals surface area contributed by atoms with E-state index in [9.17, 15) is 4.79 Å². The third-order valence-electron chi connectivity index (χ3n) is 5.84. The highest BCUT2D eigenvalue weighted by Gasteiger charge is 2.05. The van der Waals surface area contributed by atoms with Crippen LogP contribution in [0.5, 0.6) is 0 Å². The van der Waals surface area contributed by atoms with E-state index in [1.54, 1.807) is 0 Å². The van der Waals surface area contributed by atoms with Gasteiger partial charge in [-0.15, -0.1) is 0 Å². The minimum atomic E-state index is -0.0298. The predicted molar refractivity (Wildman–Crippen MR) is 128 cm³/mol. The van der Waals surface area contributed by atoms with Crippen LogP contribution in [0.25, 0.3) is 0 Å². The molecule has 0 aromatic heterocycles. The van der Waals surface area contributed by atoms with E-state index in [4.69, 9.17) is 4.74 Å². The number of carbonyl (C=O) groups is 1. The average Bonchev–Trinajstić information content (AvgIpc) is 2.68. The first-order valence-electron chi connectivity index (χ1n) is 13.3. The molecule has 0 amide bonds. The molecule has 0 radical (unpaired) electrons. The first-order valence-corrected chi connectivity index (χ1v) is 13.3. The fraction of sp³-hybridized carbons (Fsp3) is 0.963. The SMILES string of the molecule is CCCCCCCCCCCCCCCCCCCCCCOC(=O)CC(C)C. The number of ether oxygens (including phenoxy) is 1. The predicted octanol–water partition coefficient (Wildman–Crippen LogP) is 9.40. The van der Waals surface area contributed by atoms with Crippen LogP contribution in [0.4, 0.5) is 0 Å². The van der Waals surface area contributed by atoms with E-state index in [1.807, 2.05) is 0 Å². The van der Waals surface area contributed by atoms with Gasteiger partial charge >= 0.3 is 5.97 Å². The quantitative estimate of drug-likeness (QED) is 0.124. The van der Waals surface area contributed by atoms with Gasteiger partial charge in [0.1, 0.15) is 0 Å². The van der Waals surface area contributed by atoms with E-state index >= 15 is 0 Å². The summed E-state index contributed by atoms with van der Waals surface area (Å²) in [6.45, 7) is 7.02. The molecule has 0 heterocycles. The topological polar surface area (TPSA) is 26.3 Å². The molecule has 29 heavy (non-hydrogen) atoms. The van der Waals surface area contributed by atoms with Crippen LogP contribution in [0.15, 0.2) is 0 Å². The molecule has 0 aromatic carbocycles. The lowest BCUT2D eigenvalue weighted by Gasteiger charge is -2.06. The second-order valence-electron chi connectivity index (χ2n) is 9.54. The molecule has 0 N–H and O–H groups in total. The van der Waals surface area contributed by atoms with E-state index in [2.05, 4.69) is 20.8 Å². The van der Waals surface area contributed by atoms with Gasteiger partial charge in [0.05, 0.1) is 6.61 Å². The minimum absolute atomic E-state index is 0.0298. The van der Waals surface area contributed by atoms with Crippen molar-refractivity contribution in [1.82, 2.24) is 0 Å². The fourth-order valence-electron chi connectivity index (χ4n) is 3.94. The van der Waals surface area contributed by atoms with Crippen molar-refractivity contribution in [3.8, 4) is 0 Å². The summed E-state index contributed by atoms with van der Waals surface area (Å²) in [5.41, 5.74) is 0. The largest absolute Gasteiger partial charge is 0.466 e. The Morgan fingerprint density at radius 1 is 0.552 bits per heavy atom. The monoisotopic (exact) mass is 410 g/mol. The van der Waals surface area contributed by atoms with Crippen LogP contribution >= 0.6 is 0 Å². The van der Waals surface area contributed by atoms with E-state index in [0.29, 0.717) is 18.9 Å². The maximum absolute atomic E-state index is 11.4. The Hall–Kier alpha value is -0.530. The summed E-state index contributed by atoms with van der Waals surface area (Å²) in [6.07, 6.45) is 28.4. The molecule has 0 aliphatic rings. The van der Waals surface area contributed by atoms with Crippen molar-refractivity contribution in [2.24, 2.45) is 5.92 Å². The zero-order valence-corrected chi connectivity index (χ0v) is 20.5. The molecular formula is C27H54O2. The van der Waals surface area contributed by atoms with Gasteiger partial charge in [0.15, 0.2) is 0 Å². The van der Waals surface area contributed by atoms with Crippen molar-refractivity contribution in [3.63, 3.8) is 0 Å². The summed E-state index contributed by atoms with van der Waals surface area (Å²) in [5.74, 6) is 0.371. The first kappa shape index (κ1) is 28.5. The zero-order chi connectivity index (χ0) is 21.4. The van der Waals surface area contributed by atoms with Gasteiger partial charge in [-0.25, -0.2) is 0 Å². The Kier molecular flexibility index (Phi) is 23.3. The van der Waals surface area contributed by atoms with Crippen molar-refractivity contribution < 1.29 is 9.53 Å². The highest BCUT2D eigenvalue weighted by atomic mass is 16.5. The summed E-state index contributed by atoms with van der Waals surface area (Å²) in [6, 6.07) is 0. The molecule has 0 aliphatic heterocycles. The molecule has 0 saturated heterocycles.